The van der Waals surface area contributed by atoms with Crippen LogP contribution in [0.25, 0.3) is 0 Å². The van der Waals surface area contributed by atoms with E-state index in [9.17, 15) is 4.39 Å². The average molecular weight is 339 g/mol. The van der Waals surface area contributed by atoms with Gasteiger partial charge in [0, 0.05) is 15.8 Å². The van der Waals surface area contributed by atoms with Crippen molar-refractivity contribution in [2.24, 2.45) is 0 Å². The van der Waals surface area contributed by atoms with Crippen molar-refractivity contribution in [3.63, 3.8) is 0 Å². The summed E-state index contributed by atoms with van der Waals surface area (Å²) in [5, 5.41) is 6.54. The molecule has 2 aromatic rings. The molecule has 0 saturated heterocycles. The van der Waals surface area contributed by atoms with Crippen molar-refractivity contribution in [3.8, 4) is 0 Å². The highest BCUT2D eigenvalue weighted by Gasteiger charge is 2.02. The van der Waals surface area contributed by atoms with E-state index in [2.05, 4.69) is 26.6 Å². The van der Waals surface area contributed by atoms with Crippen LogP contribution in [-0.2, 0) is 0 Å². The standard InChI is InChI=1S/C14H12BrFN2S/c1-9-7-12(5-6-13(9)16)18-14(19)17-11-4-2-3-10(15)8-11/h2-8H,1H3,(H2,17,18,19). The molecule has 0 aromatic heterocycles. The van der Waals surface area contributed by atoms with E-state index < -0.39 is 0 Å². The molecule has 0 fully saturated rings. The molecule has 2 aromatic carbocycles. The Morgan fingerprint density at radius 3 is 2.42 bits per heavy atom. The van der Waals surface area contributed by atoms with Crippen LogP contribution < -0.4 is 10.6 Å². The lowest BCUT2D eigenvalue weighted by Gasteiger charge is -2.11. The van der Waals surface area contributed by atoms with E-state index >= 15 is 0 Å². The molecule has 0 heterocycles. The lowest BCUT2D eigenvalue weighted by Crippen LogP contribution is -2.19. The Labute approximate surface area is 125 Å². The lowest BCUT2D eigenvalue weighted by atomic mass is 10.2. The third kappa shape index (κ3) is 4.01. The van der Waals surface area contributed by atoms with E-state index in [1.165, 1.54) is 6.07 Å². The number of nitrogens with one attached hydrogen (secondary N) is 2. The maximum absolute atomic E-state index is 13.1. The van der Waals surface area contributed by atoms with Gasteiger partial charge < -0.3 is 10.6 Å². The van der Waals surface area contributed by atoms with Gasteiger partial charge in [0.25, 0.3) is 0 Å². The zero-order valence-electron chi connectivity index (χ0n) is 10.2. The first-order valence-corrected chi connectivity index (χ1v) is 6.84. The summed E-state index contributed by atoms with van der Waals surface area (Å²) in [6.45, 7) is 1.71. The van der Waals surface area contributed by atoms with E-state index in [0.717, 1.165) is 15.8 Å². The van der Waals surface area contributed by atoms with Crippen LogP contribution in [0.3, 0.4) is 0 Å². The van der Waals surface area contributed by atoms with Crippen LogP contribution in [0.15, 0.2) is 46.9 Å². The topological polar surface area (TPSA) is 24.1 Å². The molecule has 0 bridgehead atoms. The number of hydrogen-bond donors (Lipinski definition) is 2. The third-order valence-electron chi connectivity index (χ3n) is 2.50. The van der Waals surface area contributed by atoms with Crippen molar-refractivity contribution in [2.75, 3.05) is 10.6 Å². The smallest absolute Gasteiger partial charge is 0.175 e. The van der Waals surface area contributed by atoms with Gasteiger partial charge in [0.2, 0.25) is 0 Å². The van der Waals surface area contributed by atoms with E-state index in [0.29, 0.717) is 10.7 Å². The minimum atomic E-state index is -0.226. The number of thiocarbonyl (C=S) groups is 1. The van der Waals surface area contributed by atoms with Crippen molar-refractivity contribution < 1.29 is 4.39 Å². The molecule has 0 atom stereocenters. The minimum Gasteiger partial charge on any atom is -0.332 e. The first-order chi connectivity index (χ1) is 9.04. The SMILES string of the molecule is Cc1cc(NC(=S)Nc2cccc(Br)c2)ccc1F. The monoisotopic (exact) mass is 338 g/mol. The van der Waals surface area contributed by atoms with Crippen LogP contribution in [0, 0.1) is 12.7 Å². The van der Waals surface area contributed by atoms with Crippen molar-refractivity contribution in [1.29, 1.82) is 0 Å². The highest BCUT2D eigenvalue weighted by atomic mass is 79.9. The van der Waals surface area contributed by atoms with Gasteiger partial charge in [0.05, 0.1) is 0 Å². The van der Waals surface area contributed by atoms with Crippen LogP contribution in [0.4, 0.5) is 15.8 Å². The molecule has 0 aliphatic rings. The molecule has 0 aliphatic carbocycles. The second-order valence-corrected chi connectivity index (χ2v) is 5.38. The Kier molecular flexibility index (Phi) is 4.50. The third-order valence-corrected chi connectivity index (χ3v) is 3.20. The highest BCUT2D eigenvalue weighted by molar-refractivity contribution is 9.10. The minimum absolute atomic E-state index is 0.226. The predicted octanol–water partition coefficient (Wildman–Crippen LogP) is 4.71. The quantitative estimate of drug-likeness (QED) is 0.775. The van der Waals surface area contributed by atoms with Gasteiger partial charge in [-0.1, -0.05) is 22.0 Å². The Morgan fingerprint density at radius 2 is 1.79 bits per heavy atom. The molecule has 5 heteroatoms. The lowest BCUT2D eigenvalue weighted by molar-refractivity contribution is 0.619. The molecule has 0 radical (unpaired) electrons. The summed E-state index contributed by atoms with van der Waals surface area (Å²) >= 11 is 8.60. The molecule has 0 unspecified atom stereocenters. The Bertz CT molecular complexity index is 616. The number of aryl methyl sites for hydroxylation is 1. The number of anilines is 2. The Hall–Kier alpha value is -1.46. The number of rotatable bonds is 2. The van der Waals surface area contributed by atoms with Gasteiger partial charge in [0.1, 0.15) is 5.82 Å². The van der Waals surface area contributed by atoms with Crippen molar-refractivity contribution in [1.82, 2.24) is 0 Å². The number of hydrogen-bond acceptors (Lipinski definition) is 1. The predicted molar refractivity (Wildman–Crippen MR) is 85.1 cm³/mol. The molecule has 98 valence electrons. The maximum Gasteiger partial charge on any atom is 0.175 e. The Balaban J connectivity index is 2.03. The molecular formula is C14H12BrFN2S. The molecule has 0 aliphatic heterocycles. The fraction of sp³-hybridized carbons (Fsp3) is 0.0714. The van der Waals surface area contributed by atoms with Gasteiger partial charge in [-0.25, -0.2) is 4.39 Å². The van der Waals surface area contributed by atoms with Crippen molar-refractivity contribution in [3.05, 3.63) is 58.3 Å². The zero-order valence-corrected chi connectivity index (χ0v) is 12.6. The summed E-state index contributed by atoms with van der Waals surface area (Å²) in [6, 6.07) is 12.5. The normalized spacial score (nSPS) is 10.1. The zero-order chi connectivity index (χ0) is 13.8. The Morgan fingerprint density at radius 1 is 1.11 bits per heavy atom. The van der Waals surface area contributed by atoms with Gasteiger partial charge in [-0.3, -0.25) is 0 Å². The number of halogens is 2. The van der Waals surface area contributed by atoms with E-state index in [1.807, 2.05) is 24.3 Å². The van der Waals surface area contributed by atoms with Gasteiger partial charge >= 0.3 is 0 Å². The molecule has 0 spiro atoms. The maximum atomic E-state index is 13.1. The molecule has 2 nitrogen and oxygen atoms in total. The number of benzene rings is 2. The summed E-state index contributed by atoms with van der Waals surface area (Å²) in [7, 11) is 0. The van der Waals surface area contributed by atoms with Gasteiger partial charge in [0.15, 0.2) is 5.11 Å². The second-order valence-electron chi connectivity index (χ2n) is 4.05. The molecule has 0 amide bonds. The van der Waals surface area contributed by atoms with E-state index in [1.54, 1.807) is 19.1 Å². The molecule has 2 N–H and O–H groups in total. The van der Waals surface area contributed by atoms with Gasteiger partial charge in [-0.15, -0.1) is 0 Å². The fourth-order valence-corrected chi connectivity index (χ4v) is 2.22. The van der Waals surface area contributed by atoms with Crippen LogP contribution in [-0.4, -0.2) is 5.11 Å². The summed E-state index contributed by atoms with van der Waals surface area (Å²) < 4.78 is 14.1. The van der Waals surface area contributed by atoms with Crippen molar-refractivity contribution in [2.45, 2.75) is 6.92 Å². The molecule has 0 saturated carbocycles. The molecule has 2 rings (SSSR count). The average Bonchev–Trinajstić information content (AvgIpc) is 2.34. The first-order valence-electron chi connectivity index (χ1n) is 5.64. The van der Waals surface area contributed by atoms with Crippen LogP contribution in [0.5, 0.6) is 0 Å². The fourth-order valence-electron chi connectivity index (χ4n) is 1.58. The summed E-state index contributed by atoms with van der Waals surface area (Å²) in [6.07, 6.45) is 0. The summed E-state index contributed by atoms with van der Waals surface area (Å²) in [5.74, 6) is -0.226. The first kappa shape index (κ1) is 14.0. The largest absolute Gasteiger partial charge is 0.332 e. The second kappa shape index (κ2) is 6.12. The van der Waals surface area contributed by atoms with Crippen LogP contribution in [0.1, 0.15) is 5.56 Å². The van der Waals surface area contributed by atoms with E-state index in [-0.39, 0.29) is 5.82 Å². The van der Waals surface area contributed by atoms with Crippen LogP contribution in [0.2, 0.25) is 0 Å². The molecular weight excluding hydrogens is 327 g/mol. The van der Waals surface area contributed by atoms with Crippen molar-refractivity contribution >= 4 is 44.6 Å². The van der Waals surface area contributed by atoms with E-state index in [4.69, 9.17) is 12.2 Å². The van der Waals surface area contributed by atoms with Crippen LogP contribution >= 0.6 is 28.1 Å². The van der Waals surface area contributed by atoms with Gasteiger partial charge in [-0.2, -0.15) is 0 Å². The summed E-state index contributed by atoms with van der Waals surface area (Å²) in [4.78, 5) is 0. The molecule has 19 heavy (non-hydrogen) atoms. The van der Waals surface area contributed by atoms with Gasteiger partial charge in [-0.05, 0) is 61.1 Å². The summed E-state index contributed by atoms with van der Waals surface area (Å²) in [5.41, 5.74) is 2.22. The highest BCUT2D eigenvalue weighted by Crippen LogP contribution is 2.17.